The van der Waals surface area contributed by atoms with Crippen molar-refractivity contribution in [1.29, 1.82) is 0 Å². The van der Waals surface area contributed by atoms with Crippen LogP contribution in [0.15, 0.2) is 83.8 Å². The van der Waals surface area contributed by atoms with Crippen LogP contribution in [0.4, 0.5) is 0 Å². The van der Waals surface area contributed by atoms with Crippen LogP contribution < -0.4 is 10.0 Å². The van der Waals surface area contributed by atoms with Gasteiger partial charge >= 0.3 is 0 Å². The Kier molecular flexibility index (Phi) is 6.46. The van der Waals surface area contributed by atoms with Crippen LogP contribution >= 0.6 is 0 Å². The molecule has 1 unspecified atom stereocenters. The van der Waals surface area contributed by atoms with E-state index in [2.05, 4.69) is 10.0 Å². The molecule has 0 fully saturated rings. The average Bonchev–Trinajstić information content (AvgIpc) is 2.74. The number of hydrogen-bond acceptors (Lipinski definition) is 3. The molecule has 29 heavy (non-hydrogen) atoms. The minimum atomic E-state index is -3.76. The van der Waals surface area contributed by atoms with Crippen LogP contribution in [0.1, 0.15) is 40.0 Å². The predicted molar refractivity (Wildman–Crippen MR) is 114 cm³/mol. The maximum atomic E-state index is 12.8. The van der Waals surface area contributed by atoms with E-state index in [4.69, 9.17) is 0 Å². The number of aryl methyl sites for hydroxylation is 1. The first-order valence-electron chi connectivity index (χ1n) is 9.37. The molecule has 1 amide bonds. The molecule has 1 atom stereocenters. The average molecular weight is 409 g/mol. The Morgan fingerprint density at radius 3 is 2.21 bits per heavy atom. The zero-order valence-electron chi connectivity index (χ0n) is 16.4. The van der Waals surface area contributed by atoms with Crippen LogP contribution in [-0.2, 0) is 16.6 Å². The van der Waals surface area contributed by atoms with E-state index in [-0.39, 0.29) is 23.4 Å². The lowest BCUT2D eigenvalue weighted by atomic mass is 10.1. The summed E-state index contributed by atoms with van der Waals surface area (Å²) in [4.78, 5) is 12.8. The number of carbonyl (C=O) groups excluding carboxylic acids is 1. The third-order valence-electron chi connectivity index (χ3n) is 4.70. The van der Waals surface area contributed by atoms with Crippen molar-refractivity contribution in [2.24, 2.45) is 0 Å². The lowest BCUT2D eigenvalue weighted by Gasteiger charge is -2.15. The Labute approximate surface area is 171 Å². The third kappa shape index (κ3) is 5.31. The van der Waals surface area contributed by atoms with Crippen LogP contribution in [0.2, 0.25) is 0 Å². The number of benzene rings is 3. The van der Waals surface area contributed by atoms with Crippen molar-refractivity contribution in [2.45, 2.75) is 31.3 Å². The van der Waals surface area contributed by atoms with Crippen molar-refractivity contribution >= 4 is 15.9 Å². The molecule has 0 heterocycles. The molecule has 3 aromatic carbocycles. The van der Waals surface area contributed by atoms with Gasteiger partial charge < -0.3 is 5.32 Å². The number of rotatable bonds is 7. The number of nitrogens with one attached hydrogen (secondary N) is 2. The molecule has 0 aromatic heterocycles. The fourth-order valence-electron chi connectivity index (χ4n) is 2.99. The summed E-state index contributed by atoms with van der Waals surface area (Å²) in [6.45, 7) is 3.79. The summed E-state index contributed by atoms with van der Waals surface area (Å²) in [5.74, 6) is -0.319. The summed E-state index contributed by atoms with van der Waals surface area (Å²) >= 11 is 0. The van der Waals surface area contributed by atoms with Crippen molar-refractivity contribution in [2.75, 3.05) is 0 Å². The molecule has 0 aliphatic rings. The van der Waals surface area contributed by atoms with E-state index < -0.39 is 10.0 Å². The van der Waals surface area contributed by atoms with Gasteiger partial charge in [0, 0.05) is 12.1 Å². The van der Waals surface area contributed by atoms with Crippen LogP contribution in [0.5, 0.6) is 0 Å². The van der Waals surface area contributed by atoms with Crippen LogP contribution in [0, 0.1) is 6.92 Å². The number of sulfonamides is 1. The molecule has 0 saturated heterocycles. The summed E-state index contributed by atoms with van der Waals surface area (Å²) in [5.41, 5.74) is 2.72. The largest absolute Gasteiger partial charge is 0.346 e. The summed E-state index contributed by atoms with van der Waals surface area (Å²) in [6.07, 6.45) is 0. The molecule has 0 bridgehead atoms. The molecule has 0 aliphatic carbocycles. The molecule has 0 radical (unpaired) electrons. The molecular formula is C23H24N2O3S. The number of amides is 1. The molecule has 0 saturated carbocycles. The van der Waals surface area contributed by atoms with Gasteiger partial charge in [-0.15, -0.1) is 0 Å². The molecular weight excluding hydrogens is 384 g/mol. The predicted octanol–water partition coefficient (Wildman–Crippen LogP) is 3.96. The second kappa shape index (κ2) is 9.03. The van der Waals surface area contributed by atoms with Crippen molar-refractivity contribution in [1.82, 2.24) is 10.0 Å². The van der Waals surface area contributed by atoms with Gasteiger partial charge in [0.2, 0.25) is 10.0 Å². The zero-order valence-corrected chi connectivity index (χ0v) is 17.2. The first-order chi connectivity index (χ1) is 13.9. The molecule has 0 spiro atoms. The Bertz CT molecular complexity index is 1080. The standard InChI is InChI=1S/C23H24N2O3S/c1-17-13-14-21(23(26)25-18(2)20-11-7-4-8-12-20)15-22(17)29(27,28)24-16-19-9-5-3-6-10-19/h3-15,18,24H,16H2,1-2H3,(H,25,26). The lowest BCUT2D eigenvalue weighted by molar-refractivity contribution is 0.0939. The van der Waals surface area contributed by atoms with Gasteiger partial charge in [-0.2, -0.15) is 0 Å². The Morgan fingerprint density at radius 2 is 1.55 bits per heavy atom. The number of carbonyl (C=O) groups is 1. The number of hydrogen-bond donors (Lipinski definition) is 2. The summed E-state index contributed by atoms with van der Waals surface area (Å²) in [6, 6.07) is 23.4. The Morgan fingerprint density at radius 1 is 0.931 bits per heavy atom. The quantitative estimate of drug-likeness (QED) is 0.621. The zero-order chi connectivity index (χ0) is 20.9. The highest BCUT2D eigenvalue weighted by Gasteiger charge is 2.20. The van der Waals surface area contributed by atoms with E-state index in [1.54, 1.807) is 19.1 Å². The molecule has 3 aromatic rings. The minimum absolute atomic E-state index is 0.105. The fraction of sp³-hybridized carbons (Fsp3) is 0.174. The van der Waals surface area contributed by atoms with Crippen LogP contribution in [-0.4, -0.2) is 14.3 Å². The van der Waals surface area contributed by atoms with Gasteiger partial charge in [-0.1, -0.05) is 66.7 Å². The minimum Gasteiger partial charge on any atom is -0.346 e. The topological polar surface area (TPSA) is 75.3 Å². The molecule has 0 aliphatic heterocycles. The van der Waals surface area contributed by atoms with Crippen LogP contribution in [0.3, 0.4) is 0 Å². The maximum absolute atomic E-state index is 12.8. The van der Waals surface area contributed by atoms with Gasteiger partial charge in [-0.25, -0.2) is 13.1 Å². The normalized spacial score (nSPS) is 12.3. The van der Waals surface area contributed by atoms with Gasteiger partial charge in [-0.3, -0.25) is 4.79 Å². The van der Waals surface area contributed by atoms with E-state index in [1.807, 2.05) is 67.6 Å². The molecule has 2 N–H and O–H groups in total. The fourth-order valence-corrected chi connectivity index (χ4v) is 4.27. The second-order valence-corrected chi connectivity index (χ2v) is 8.63. The highest BCUT2D eigenvalue weighted by atomic mass is 32.2. The van der Waals surface area contributed by atoms with E-state index in [0.717, 1.165) is 11.1 Å². The highest BCUT2D eigenvalue weighted by Crippen LogP contribution is 2.19. The monoisotopic (exact) mass is 408 g/mol. The van der Waals surface area contributed by atoms with Gasteiger partial charge in [0.25, 0.3) is 5.91 Å². The van der Waals surface area contributed by atoms with E-state index in [0.29, 0.717) is 11.1 Å². The Hall–Kier alpha value is -2.96. The first-order valence-corrected chi connectivity index (χ1v) is 10.9. The van der Waals surface area contributed by atoms with Crippen LogP contribution in [0.25, 0.3) is 0 Å². The van der Waals surface area contributed by atoms with Crippen molar-refractivity contribution in [3.63, 3.8) is 0 Å². The SMILES string of the molecule is Cc1ccc(C(=O)NC(C)c2ccccc2)cc1S(=O)(=O)NCc1ccccc1. The van der Waals surface area contributed by atoms with Gasteiger partial charge in [0.1, 0.15) is 0 Å². The lowest BCUT2D eigenvalue weighted by Crippen LogP contribution is -2.28. The first kappa shape index (κ1) is 20.8. The molecule has 150 valence electrons. The van der Waals surface area contributed by atoms with Crippen molar-refractivity contribution in [3.05, 3.63) is 101 Å². The molecule has 6 heteroatoms. The molecule has 5 nitrogen and oxygen atoms in total. The molecule has 3 rings (SSSR count). The van der Waals surface area contributed by atoms with E-state index in [9.17, 15) is 13.2 Å². The van der Waals surface area contributed by atoms with E-state index >= 15 is 0 Å². The van der Waals surface area contributed by atoms with E-state index in [1.165, 1.54) is 6.07 Å². The maximum Gasteiger partial charge on any atom is 0.251 e. The van der Waals surface area contributed by atoms with Crippen molar-refractivity contribution in [3.8, 4) is 0 Å². The smallest absolute Gasteiger partial charge is 0.251 e. The summed E-state index contributed by atoms with van der Waals surface area (Å²) < 4.78 is 28.2. The summed E-state index contributed by atoms with van der Waals surface area (Å²) in [5, 5.41) is 2.91. The van der Waals surface area contributed by atoms with Gasteiger partial charge in [0.05, 0.1) is 10.9 Å². The Balaban J connectivity index is 1.77. The highest BCUT2D eigenvalue weighted by molar-refractivity contribution is 7.89. The van der Waals surface area contributed by atoms with Crippen molar-refractivity contribution < 1.29 is 13.2 Å². The van der Waals surface area contributed by atoms with Gasteiger partial charge in [0.15, 0.2) is 0 Å². The third-order valence-corrected chi connectivity index (χ3v) is 6.24. The summed E-state index contributed by atoms with van der Waals surface area (Å²) in [7, 11) is -3.76. The second-order valence-electron chi connectivity index (χ2n) is 6.90. The van der Waals surface area contributed by atoms with Gasteiger partial charge in [-0.05, 0) is 42.7 Å².